The van der Waals surface area contributed by atoms with Crippen LogP contribution in [0.2, 0.25) is 5.02 Å². The van der Waals surface area contributed by atoms with Crippen LogP contribution in [0.4, 0.5) is 5.69 Å². The Hall–Kier alpha value is -2.79. The standard InChI is InChI=1S/C23H21ClN4O4S2/c24-13-6-11-18-17(12-13)19(21(29)27-18)20-22(30)28(15-4-2-1-3-5-15)23(33-20)26-14-7-9-16(10-8-14)34(25,31)32/h6-12,15,30H,1-5H2,(H2,25,31,32). The van der Waals surface area contributed by atoms with Crippen LogP contribution in [0.25, 0.3) is 5.57 Å². The Morgan fingerprint density at radius 3 is 2.50 bits per heavy atom. The fourth-order valence-corrected chi connectivity index (χ4v) is 6.26. The van der Waals surface area contributed by atoms with Gasteiger partial charge in [-0.1, -0.05) is 42.2 Å². The average molecular weight is 517 g/mol. The third kappa shape index (κ3) is 4.22. The molecule has 2 heterocycles. The highest BCUT2D eigenvalue weighted by Gasteiger charge is 2.29. The fourth-order valence-electron chi connectivity index (χ4n) is 4.42. The van der Waals surface area contributed by atoms with Gasteiger partial charge in [0.2, 0.25) is 15.9 Å². The van der Waals surface area contributed by atoms with E-state index in [-0.39, 0.29) is 16.8 Å². The first kappa shape index (κ1) is 23.0. The molecule has 1 saturated carbocycles. The van der Waals surface area contributed by atoms with Crippen molar-refractivity contribution >= 4 is 50.1 Å². The molecule has 2 aromatic carbocycles. The number of nitrogens with two attached hydrogens (primary N) is 1. The fraction of sp³-hybridized carbons (Fsp3) is 0.261. The molecule has 0 atom stereocenters. The molecule has 1 aliphatic heterocycles. The lowest BCUT2D eigenvalue weighted by atomic mass is 9.95. The molecule has 0 saturated heterocycles. The van der Waals surface area contributed by atoms with Gasteiger partial charge in [-0.05, 0) is 55.3 Å². The van der Waals surface area contributed by atoms with Gasteiger partial charge in [0.1, 0.15) is 4.88 Å². The summed E-state index contributed by atoms with van der Waals surface area (Å²) in [7, 11) is -3.82. The predicted molar refractivity (Wildman–Crippen MR) is 129 cm³/mol. The lowest BCUT2D eigenvalue weighted by Gasteiger charge is -2.23. The summed E-state index contributed by atoms with van der Waals surface area (Å²) in [6.07, 6.45) is 4.98. The molecule has 1 fully saturated rings. The number of nitrogens with zero attached hydrogens (tertiary/aromatic N) is 3. The zero-order valence-corrected chi connectivity index (χ0v) is 20.3. The van der Waals surface area contributed by atoms with Crippen LogP contribution in [0.1, 0.15) is 43.0 Å². The van der Waals surface area contributed by atoms with E-state index in [9.17, 15) is 18.3 Å². The zero-order chi connectivity index (χ0) is 24.0. The first-order valence-electron chi connectivity index (χ1n) is 10.8. The number of primary sulfonamides is 1. The van der Waals surface area contributed by atoms with E-state index in [1.807, 2.05) is 0 Å². The van der Waals surface area contributed by atoms with Gasteiger partial charge in [-0.15, -0.1) is 0 Å². The van der Waals surface area contributed by atoms with Crippen molar-refractivity contribution in [3.63, 3.8) is 0 Å². The number of aromatic nitrogens is 1. The summed E-state index contributed by atoms with van der Waals surface area (Å²) in [4.78, 5) is 22.5. The molecule has 1 amide bonds. The third-order valence-electron chi connectivity index (χ3n) is 6.05. The van der Waals surface area contributed by atoms with Gasteiger partial charge in [-0.25, -0.2) is 23.5 Å². The number of hydrogen-bond donors (Lipinski definition) is 2. The smallest absolute Gasteiger partial charge is 0.279 e. The van der Waals surface area contributed by atoms with Gasteiger partial charge in [-0.2, -0.15) is 0 Å². The maximum Gasteiger partial charge on any atom is 0.279 e. The number of rotatable bonds is 4. The van der Waals surface area contributed by atoms with Crippen LogP contribution in [-0.4, -0.2) is 24.0 Å². The van der Waals surface area contributed by atoms with Gasteiger partial charge in [0.05, 0.1) is 21.5 Å². The van der Waals surface area contributed by atoms with E-state index in [4.69, 9.17) is 21.7 Å². The molecule has 0 bridgehead atoms. The van der Waals surface area contributed by atoms with E-state index in [1.165, 1.54) is 23.5 Å². The Bertz CT molecular complexity index is 1600. The Balaban J connectivity index is 1.72. The van der Waals surface area contributed by atoms with Crippen molar-refractivity contribution in [1.29, 1.82) is 0 Å². The molecule has 3 N–H and O–H groups in total. The van der Waals surface area contributed by atoms with Crippen LogP contribution in [0.5, 0.6) is 5.88 Å². The highest BCUT2D eigenvalue weighted by atomic mass is 35.5. The van der Waals surface area contributed by atoms with E-state index in [0.29, 0.717) is 36.5 Å². The molecular formula is C23H21ClN4O4S2. The normalized spacial score (nSPS) is 17.2. The highest BCUT2D eigenvalue weighted by Crippen LogP contribution is 2.36. The van der Waals surface area contributed by atoms with Gasteiger partial charge in [0, 0.05) is 16.3 Å². The number of carbonyl (C=O) groups is 1. The largest absolute Gasteiger partial charge is 0.493 e. The van der Waals surface area contributed by atoms with E-state index in [2.05, 4.69) is 4.99 Å². The molecule has 3 aromatic rings. The molecule has 5 rings (SSSR count). The second kappa shape index (κ2) is 8.77. The van der Waals surface area contributed by atoms with Crippen LogP contribution in [0.3, 0.4) is 0 Å². The Morgan fingerprint density at radius 1 is 1.12 bits per heavy atom. The van der Waals surface area contributed by atoms with Crippen molar-refractivity contribution in [3.05, 3.63) is 67.7 Å². The molecular weight excluding hydrogens is 496 g/mol. The maximum absolute atomic E-state index is 12.8. The number of fused-ring (bicyclic) bond motifs is 1. The van der Waals surface area contributed by atoms with Crippen molar-refractivity contribution in [2.45, 2.75) is 43.0 Å². The van der Waals surface area contributed by atoms with E-state index < -0.39 is 15.9 Å². The molecule has 2 aliphatic rings. The molecule has 0 unspecified atom stereocenters. The van der Waals surface area contributed by atoms with E-state index in [1.54, 1.807) is 34.9 Å². The van der Waals surface area contributed by atoms with Crippen molar-refractivity contribution < 1.29 is 18.3 Å². The number of carbonyl (C=O) groups excluding carboxylic acids is 1. The van der Waals surface area contributed by atoms with Crippen LogP contribution in [-0.2, 0) is 14.8 Å². The molecule has 1 aliphatic carbocycles. The number of hydrogen-bond acceptors (Lipinski definition) is 6. The molecule has 0 spiro atoms. The monoisotopic (exact) mass is 516 g/mol. The summed E-state index contributed by atoms with van der Waals surface area (Å²) >= 11 is 7.37. The van der Waals surface area contributed by atoms with Gasteiger partial charge in [0.15, 0.2) is 4.80 Å². The topological polar surface area (TPSA) is 127 Å². The Labute approximate surface area is 204 Å². The summed E-state index contributed by atoms with van der Waals surface area (Å²) in [5.41, 5.74) is 0.802. The minimum Gasteiger partial charge on any atom is -0.493 e. The van der Waals surface area contributed by atoms with Crippen molar-refractivity contribution in [1.82, 2.24) is 4.57 Å². The second-order valence-corrected chi connectivity index (χ2v) is 11.3. The molecule has 8 nitrogen and oxygen atoms in total. The Morgan fingerprint density at radius 2 is 1.82 bits per heavy atom. The van der Waals surface area contributed by atoms with Crippen LogP contribution in [0, 0.1) is 0 Å². The summed E-state index contributed by atoms with van der Waals surface area (Å²) < 4.78 is 24.9. The van der Waals surface area contributed by atoms with Gasteiger partial charge < -0.3 is 5.11 Å². The van der Waals surface area contributed by atoms with E-state index in [0.717, 1.165) is 32.1 Å². The summed E-state index contributed by atoms with van der Waals surface area (Å²) in [5, 5.41) is 18.1. The number of aromatic hydroxyl groups is 1. The molecule has 0 radical (unpaired) electrons. The summed E-state index contributed by atoms with van der Waals surface area (Å²) in [5.74, 6) is -0.461. The predicted octanol–water partition coefficient (Wildman–Crippen LogP) is 2.65. The minimum absolute atomic E-state index is 0.0106. The third-order valence-corrected chi connectivity index (χ3v) is 8.28. The number of thiazole rings is 1. The minimum atomic E-state index is -3.82. The van der Waals surface area contributed by atoms with Gasteiger partial charge >= 0.3 is 0 Å². The summed E-state index contributed by atoms with van der Waals surface area (Å²) in [6, 6.07) is 10.9. The number of benzene rings is 2. The van der Waals surface area contributed by atoms with Crippen molar-refractivity contribution in [3.8, 4) is 5.88 Å². The van der Waals surface area contributed by atoms with Gasteiger partial charge in [0.25, 0.3) is 5.91 Å². The molecule has 176 valence electrons. The number of sulfonamides is 1. The number of halogens is 1. The van der Waals surface area contributed by atoms with Crippen LogP contribution in [0.15, 0.2) is 57.3 Å². The molecule has 34 heavy (non-hydrogen) atoms. The summed E-state index contributed by atoms with van der Waals surface area (Å²) in [6.45, 7) is 0. The molecule has 1 aromatic heterocycles. The first-order valence-corrected chi connectivity index (χ1v) is 13.5. The lowest BCUT2D eigenvalue weighted by Crippen LogP contribution is -2.23. The zero-order valence-electron chi connectivity index (χ0n) is 17.9. The average Bonchev–Trinajstić information content (AvgIpc) is 3.28. The highest BCUT2D eigenvalue weighted by molar-refractivity contribution is 7.89. The SMILES string of the molecule is NS(=O)(=O)c1ccc(N=c2sc(C3=c4cc(Cl)ccc4=NC3=O)c(O)n2C2CCCCC2)cc1. The van der Waals surface area contributed by atoms with Crippen LogP contribution < -0.4 is 20.5 Å². The Kier molecular flexibility index (Phi) is 5.93. The van der Waals surface area contributed by atoms with Crippen molar-refractivity contribution in [2.75, 3.05) is 0 Å². The lowest BCUT2D eigenvalue weighted by molar-refractivity contribution is -0.112. The van der Waals surface area contributed by atoms with Crippen molar-refractivity contribution in [2.24, 2.45) is 15.1 Å². The maximum atomic E-state index is 12.8. The number of amides is 1. The van der Waals surface area contributed by atoms with Crippen LogP contribution >= 0.6 is 22.9 Å². The van der Waals surface area contributed by atoms with E-state index >= 15 is 0 Å². The quantitative estimate of drug-likeness (QED) is 0.552. The molecule has 11 heteroatoms. The second-order valence-electron chi connectivity index (χ2n) is 8.30. The van der Waals surface area contributed by atoms with Gasteiger partial charge in [-0.3, -0.25) is 9.36 Å². The first-order chi connectivity index (χ1) is 16.2.